The average Bonchev–Trinajstić information content (AvgIpc) is 3.16. The smallest absolute Gasteiger partial charge is 0.396 e. The molecule has 0 spiro atoms. The lowest BCUT2D eigenvalue weighted by Crippen LogP contribution is -2.40. The van der Waals surface area contributed by atoms with E-state index in [0.717, 1.165) is 12.4 Å². The molecule has 0 bridgehead atoms. The van der Waals surface area contributed by atoms with Crippen molar-refractivity contribution in [1.82, 2.24) is 24.1 Å². The second-order valence-corrected chi connectivity index (χ2v) is 8.56. The van der Waals surface area contributed by atoms with Crippen molar-refractivity contribution in [3.63, 3.8) is 0 Å². The normalized spacial score (nSPS) is 18.5. The maximum atomic E-state index is 12.7. The molecule has 160 valence electrons. The molecule has 1 aliphatic rings. The lowest BCUT2D eigenvalue weighted by molar-refractivity contribution is -0.138. The second-order valence-electron chi connectivity index (χ2n) is 7.08. The van der Waals surface area contributed by atoms with E-state index in [-0.39, 0.29) is 24.5 Å². The van der Waals surface area contributed by atoms with Gasteiger partial charge in [-0.1, -0.05) is 6.92 Å². The molecular weight excluding hydrogens is 409 g/mol. The zero-order chi connectivity index (χ0) is 21.0. The monoisotopic (exact) mass is 432 g/mol. The van der Waals surface area contributed by atoms with Crippen LogP contribution in [-0.4, -0.2) is 59.1 Å². The van der Waals surface area contributed by atoms with Gasteiger partial charge in [0.05, 0.1) is 16.7 Å². The SMILES string of the molecule is CC(CO)Cn1cc(S(=O)N2CCC(Nc3ncc(C(F)(F)F)cn3)CC2)cn1. The van der Waals surface area contributed by atoms with Crippen molar-refractivity contribution < 1.29 is 22.5 Å². The summed E-state index contributed by atoms with van der Waals surface area (Å²) in [5.41, 5.74) is -0.887. The number of nitrogens with zero attached hydrogens (tertiary/aromatic N) is 5. The number of anilines is 1. The lowest BCUT2D eigenvalue weighted by Gasteiger charge is -2.30. The highest BCUT2D eigenvalue weighted by Gasteiger charge is 2.31. The van der Waals surface area contributed by atoms with E-state index >= 15 is 0 Å². The molecule has 0 amide bonds. The molecule has 0 aliphatic carbocycles. The number of rotatable bonds is 7. The summed E-state index contributed by atoms with van der Waals surface area (Å²) in [6.07, 6.45) is 1.67. The summed E-state index contributed by atoms with van der Waals surface area (Å²) >= 11 is 0. The highest BCUT2D eigenvalue weighted by Crippen LogP contribution is 2.28. The van der Waals surface area contributed by atoms with Gasteiger partial charge in [0.15, 0.2) is 0 Å². The molecule has 1 fully saturated rings. The third-order valence-corrected chi connectivity index (χ3v) is 6.07. The van der Waals surface area contributed by atoms with Crippen LogP contribution in [0.1, 0.15) is 25.3 Å². The van der Waals surface area contributed by atoms with E-state index in [2.05, 4.69) is 20.4 Å². The predicted octanol–water partition coefficient (Wildman–Crippen LogP) is 1.92. The third kappa shape index (κ3) is 5.73. The van der Waals surface area contributed by atoms with Gasteiger partial charge >= 0.3 is 6.18 Å². The summed E-state index contributed by atoms with van der Waals surface area (Å²) in [6.45, 7) is 3.62. The maximum Gasteiger partial charge on any atom is 0.419 e. The van der Waals surface area contributed by atoms with Crippen molar-refractivity contribution >= 4 is 16.9 Å². The minimum absolute atomic E-state index is 0.00638. The van der Waals surface area contributed by atoms with E-state index in [1.165, 1.54) is 0 Å². The molecule has 12 heteroatoms. The zero-order valence-corrected chi connectivity index (χ0v) is 16.7. The van der Waals surface area contributed by atoms with Gasteiger partial charge in [0, 0.05) is 50.9 Å². The van der Waals surface area contributed by atoms with Gasteiger partial charge in [-0.15, -0.1) is 0 Å². The Hall–Kier alpha value is -2.05. The van der Waals surface area contributed by atoms with Gasteiger partial charge in [-0.3, -0.25) is 4.68 Å². The molecule has 2 unspecified atom stereocenters. The zero-order valence-electron chi connectivity index (χ0n) is 15.8. The first-order valence-corrected chi connectivity index (χ1v) is 10.3. The van der Waals surface area contributed by atoms with Gasteiger partial charge in [-0.25, -0.2) is 18.5 Å². The summed E-state index contributed by atoms with van der Waals surface area (Å²) in [4.78, 5) is 8.06. The lowest BCUT2D eigenvalue weighted by atomic mass is 10.1. The fourth-order valence-electron chi connectivity index (χ4n) is 2.96. The number of alkyl halides is 3. The van der Waals surface area contributed by atoms with Gasteiger partial charge in [0.1, 0.15) is 11.0 Å². The standard InChI is InChI=1S/C17H23F3N6O2S/c1-12(11-27)9-25-10-15(8-23-25)29(28)26-4-2-14(3-5-26)24-16-21-6-13(7-22-16)17(18,19)20/h6-8,10,12,14,27H,2-5,9,11H2,1H3,(H,21,22,24). The Kier molecular flexibility index (Phi) is 6.85. The van der Waals surface area contributed by atoms with Crippen LogP contribution in [0.15, 0.2) is 29.7 Å². The first kappa shape index (κ1) is 21.7. The van der Waals surface area contributed by atoms with Crippen LogP contribution in [0.25, 0.3) is 0 Å². The minimum atomic E-state index is -4.46. The van der Waals surface area contributed by atoms with Crippen molar-refractivity contribution in [1.29, 1.82) is 0 Å². The average molecular weight is 432 g/mol. The Morgan fingerprint density at radius 2 is 1.93 bits per heavy atom. The fraction of sp³-hybridized carbons (Fsp3) is 0.588. The highest BCUT2D eigenvalue weighted by molar-refractivity contribution is 7.82. The summed E-state index contributed by atoms with van der Waals surface area (Å²) in [6, 6.07) is -0.00638. The van der Waals surface area contributed by atoms with Crippen LogP contribution >= 0.6 is 0 Å². The van der Waals surface area contributed by atoms with E-state index in [4.69, 9.17) is 5.11 Å². The number of halogens is 3. The Bertz CT molecular complexity index is 821. The predicted molar refractivity (Wildman–Crippen MR) is 100 cm³/mol. The van der Waals surface area contributed by atoms with Crippen LogP contribution in [0, 0.1) is 5.92 Å². The Morgan fingerprint density at radius 3 is 2.52 bits per heavy atom. The number of hydrogen-bond acceptors (Lipinski definition) is 6. The van der Waals surface area contributed by atoms with E-state index in [9.17, 15) is 17.4 Å². The Morgan fingerprint density at radius 1 is 1.28 bits per heavy atom. The molecule has 3 rings (SSSR count). The molecule has 2 atom stereocenters. The van der Waals surface area contributed by atoms with Crippen LogP contribution < -0.4 is 5.32 Å². The highest BCUT2D eigenvalue weighted by atomic mass is 32.2. The second kappa shape index (κ2) is 9.18. The maximum absolute atomic E-state index is 12.7. The fourth-order valence-corrected chi connectivity index (χ4v) is 4.15. The van der Waals surface area contributed by atoms with Gasteiger partial charge in [-0.05, 0) is 18.8 Å². The van der Waals surface area contributed by atoms with Crippen molar-refractivity contribution in [2.75, 3.05) is 25.0 Å². The van der Waals surface area contributed by atoms with E-state index in [0.29, 0.717) is 37.4 Å². The van der Waals surface area contributed by atoms with Crippen LogP contribution in [0.4, 0.5) is 19.1 Å². The number of aliphatic hydroxyl groups is 1. The van der Waals surface area contributed by atoms with Crippen molar-refractivity contribution in [3.8, 4) is 0 Å². The first-order valence-electron chi connectivity index (χ1n) is 9.22. The molecule has 2 aromatic heterocycles. The topological polar surface area (TPSA) is 96.2 Å². The largest absolute Gasteiger partial charge is 0.419 e. The van der Waals surface area contributed by atoms with Crippen LogP contribution in [0.5, 0.6) is 0 Å². The molecule has 8 nitrogen and oxygen atoms in total. The van der Waals surface area contributed by atoms with Crippen LogP contribution in [-0.2, 0) is 23.7 Å². The van der Waals surface area contributed by atoms with E-state index < -0.39 is 22.7 Å². The van der Waals surface area contributed by atoms with Gasteiger partial charge in [-0.2, -0.15) is 18.3 Å². The molecule has 0 saturated carbocycles. The molecule has 0 radical (unpaired) electrons. The number of aliphatic hydroxyl groups excluding tert-OH is 1. The molecule has 0 aromatic carbocycles. The summed E-state index contributed by atoms with van der Waals surface area (Å²) in [5.74, 6) is 0.210. The van der Waals surface area contributed by atoms with Gasteiger partial charge < -0.3 is 10.4 Å². The molecule has 1 saturated heterocycles. The summed E-state index contributed by atoms with van der Waals surface area (Å²) in [5, 5.41) is 16.3. The van der Waals surface area contributed by atoms with Crippen molar-refractivity contribution in [2.45, 2.75) is 43.4 Å². The number of hydrogen-bond donors (Lipinski definition) is 2. The van der Waals surface area contributed by atoms with E-state index in [1.807, 2.05) is 11.2 Å². The summed E-state index contributed by atoms with van der Waals surface area (Å²) in [7, 11) is -1.34. The third-order valence-electron chi connectivity index (χ3n) is 4.62. The van der Waals surface area contributed by atoms with Gasteiger partial charge in [0.25, 0.3) is 0 Å². The van der Waals surface area contributed by atoms with Gasteiger partial charge in [0.2, 0.25) is 5.95 Å². The van der Waals surface area contributed by atoms with Crippen LogP contribution in [0.3, 0.4) is 0 Å². The minimum Gasteiger partial charge on any atom is -0.396 e. The molecule has 2 aromatic rings. The summed E-state index contributed by atoms with van der Waals surface area (Å²) < 4.78 is 54.0. The number of nitrogens with one attached hydrogen (secondary N) is 1. The van der Waals surface area contributed by atoms with E-state index in [1.54, 1.807) is 17.1 Å². The number of piperidine rings is 1. The molecule has 1 aliphatic heterocycles. The molecule has 29 heavy (non-hydrogen) atoms. The van der Waals surface area contributed by atoms with Crippen molar-refractivity contribution in [3.05, 3.63) is 30.4 Å². The number of aromatic nitrogens is 4. The van der Waals surface area contributed by atoms with Crippen LogP contribution in [0.2, 0.25) is 0 Å². The molecule has 2 N–H and O–H groups in total. The quantitative estimate of drug-likeness (QED) is 0.694. The molecular formula is C17H23F3N6O2S. The Balaban J connectivity index is 1.50. The first-order chi connectivity index (χ1) is 13.8. The Labute approximate surface area is 168 Å². The van der Waals surface area contributed by atoms with Crippen molar-refractivity contribution in [2.24, 2.45) is 5.92 Å². The molecule has 3 heterocycles.